The fraction of sp³-hybridized carbons (Fsp3) is 0.615. The summed E-state index contributed by atoms with van der Waals surface area (Å²) in [5, 5.41) is 5.65. The van der Waals surface area contributed by atoms with E-state index in [2.05, 4.69) is 10.3 Å². The predicted octanol–water partition coefficient (Wildman–Crippen LogP) is 1.06. The van der Waals surface area contributed by atoms with Gasteiger partial charge in [-0.3, -0.25) is 9.59 Å². The molecule has 1 aromatic heterocycles. The van der Waals surface area contributed by atoms with E-state index >= 15 is 0 Å². The highest BCUT2D eigenvalue weighted by molar-refractivity contribution is 7.09. The van der Waals surface area contributed by atoms with E-state index in [1.165, 1.54) is 0 Å². The van der Waals surface area contributed by atoms with Crippen LogP contribution in [0, 0.1) is 5.92 Å². The van der Waals surface area contributed by atoms with Crippen molar-refractivity contribution in [3.63, 3.8) is 0 Å². The van der Waals surface area contributed by atoms with Crippen molar-refractivity contribution in [2.45, 2.75) is 39.3 Å². The summed E-state index contributed by atoms with van der Waals surface area (Å²) in [4.78, 5) is 30.2. The molecule has 2 rings (SSSR count). The molecule has 2 atom stereocenters. The van der Waals surface area contributed by atoms with Gasteiger partial charge in [-0.05, 0) is 12.8 Å². The molecule has 1 aliphatic heterocycles. The van der Waals surface area contributed by atoms with E-state index in [0.29, 0.717) is 13.0 Å². The van der Waals surface area contributed by atoms with E-state index in [9.17, 15) is 9.59 Å². The molecule has 1 saturated heterocycles. The number of piperazine rings is 1. The molecule has 2 heterocycles. The van der Waals surface area contributed by atoms with Crippen molar-refractivity contribution in [1.29, 1.82) is 0 Å². The van der Waals surface area contributed by atoms with Gasteiger partial charge in [-0.2, -0.15) is 0 Å². The number of nitrogens with zero attached hydrogens (tertiary/aromatic N) is 2. The Hall–Kier alpha value is -1.43. The second kappa shape index (κ2) is 5.69. The standard InChI is InChI=1S/C13H19N3O2S/c1-8(2)11-12(17)15-9(3)13(18)16(11)6-4-10-14-5-7-19-10/h5,7-9,11H,4,6H2,1-3H3,(H,15,17). The smallest absolute Gasteiger partial charge is 0.245 e. The number of thiazole rings is 1. The van der Waals surface area contributed by atoms with Crippen molar-refractivity contribution < 1.29 is 9.59 Å². The Bertz CT molecular complexity index is 458. The number of carbonyl (C=O) groups is 2. The maximum Gasteiger partial charge on any atom is 0.245 e. The summed E-state index contributed by atoms with van der Waals surface area (Å²) in [5.74, 6) is 0.0452. The highest BCUT2D eigenvalue weighted by atomic mass is 32.1. The maximum atomic E-state index is 12.2. The summed E-state index contributed by atoms with van der Waals surface area (Å²) in [6.07, 6.45) is 2.46. The Morgan fingerprint density at radius 2 is 2.21 bits per heavy atom. The average molecular weight is 281 g/mol. The number of hydrogen-bond donors (Lipinski definition) is 1. The lowest BCUT2D eigenvalue weighted by Crippen LogP contribution is -2.64. The van der Waals surface area contributed by atoms with Gasteiger partial charge in [0.2, 0.25) is 11.8 Å². The van der Waals surface area contributed by atoms with Crippen molar-refractivity contribution in [1.82, 2.24) is 15.2 Å². The van der Waals surface area contributed by atoms with Gasteiger partial charge >= 0.3 is 0 Å². The molecule has 2 unspecified atom stereocenters. The van der Waals surface area contributed by atoms with Crippen LogP contribution >= 0.6 is 11.3 Å². The van der Waals surface area contributed by atoms with Crippen LogP contribution in [0.2, 0.25) is 0 Å². The molecule has 0 aliphatic carbocycles. The van der Waals surface area contributed by atoms with Gasteiger partial charge in [-0.1, -0.05) is 13.8 Å². The second-order valence-corrected chi connectivity index (χ2v) is 6.11. The van der Waals surface area contributed by atoms with Crippen molar-refractivity contribution in [2.75, 3.05) is 6.54 Å². The Morgan fingerprint density at radius 3 is 2.79 bits per heavy atom. The largest absolute Gasteiger partial charge is 0.343 e. The van der Waals surface area contributed by atoms with Crippen molar-refractivity contribution in [3.8, 4) is 0 Å². The van der Waals surface area contributed by atoms with Crippen molar-refractivity contribution >= 4 is 23.2 Å². The number of amides is 2. The summed E-state index contributed by atoms with van der Waals surface area (Å²) in [6.45, 7) is 6.20. The minimum atomic E-state index is -0.432. The molecule has 1 fully saturated rings. The minimum absolute atomic E-state index is 0.00476. The van der Waals surface area contributed by atoms with Crippen LogP contribution < -0.4 is 5.32 Å². The first-order valence-corrected chi connectivity index (χ1v) is 7.38. The lowest BCUT2D eigenvalue weighted by molar-refractivity contribution is -0.150. The van der Waals surface area contributed by atoms with Crippen molar-refractivity contribution in [2.24, 2.45) is 5.92 Å². The second-order valence-electron chi connectivity index (χ2n) is 5.13. The highest BCUT2D eigenvalue weighted by Crippen LogP contribution is 2.18. The van der Waals surface area contributed by atoms with Gasteiger partial charge in [0.1, 0.15) is 12.1 Å². The van der Waals surface area contributed by atoms with E-state index in [4.69, 9.17) is 0 Å². The van der Waals surface area contributed by atoms with Gasteiger partial charge in [0.05, 0.1) is 5.01 Å². The number of aromatic nitrogens is 1. The zero-order valence-corrected chi connectivity index (χ0v) is 12.2. The normalized spacial score (nSPS) is 23.9. The SMILES string of the molecule is CC1NC(=O)C(C(C)C)N(CCc2nccs2)C1=O. The maximum absolute atomic E-state index is 12.2. The molecule has 0 radical (unpaired) electrons. The number of nitrogens with one attached hydrogen (secondary N) is 1. The van der Waals surface area contributed by atoms with E-state index < -0.39 is 6.04 Å². The minimum Gasteiger partial charge on any atom is -0.343 e. The Balaban J connectivity index is 2.11. The fourth-order valence-electron chi connectivity index (χ4n) is 2.39. The first-order valence-electron chi connectivity index (χ1n) is 6.50. The highest BCUT2D eigenvalue weighted by Gasteiger charge is 2.39. The number of rotatable bonds is 4. The molecule has 0 bridgehead atoms. The van der Waals surface area contributed by atoms with E-state index in [1.807, 2.05) is 19.2 Å². The molecule has 0 saturated carbocycles. The van der Waals surface area contributed by atoms with Crippen LogP contribution in [0.15, 0.2) is 11.6 Å². The van der Waals surface area contributed by atoms with Gasteiger partial charge in [0, 0.05) is 24.5 Å². The third-order valence-corrected chi connectivity index (χ3v) is 4.14. The summed E-state index contributed by atoms with van der Waals surface area (Å²) < 4.78 is 0. The van der Waals surface area contributed by atoms with Crippen LogP contribution in [0.25, 0.3) is 0 Å². The van der Waals surface area contributed by atoms with E-state index in [0.717, 1.165) is 5.01 Å². The lowest BCUT2D eigenvalue weighted by atomic mass is 9.97. The molecule has 19 heavy (non-hydrogen) atoms. The molecule has 5 nitrogen and oxygen atoms in total. The van der Waals surface area contributed by atoms with Gasteiger partial charge < -0.3 is 10.2 Å². The van der Waals surface area contributed by atoms with Crippen LogP contribution in [-0.4, -0.2) is 40.3 Å². The molecule has 1 aromatic rings. The molecule has 2 amide bonds. The summed E-state index contributed by atoms with van der Waals surface area (Å²) >= 11 is 1.57. The quantitative estimate of drug-likeness (QED) is 0.897. The lowest BCUT2D eigenvalue weighted by Gasteiger charge is -2.39. The van der Waals surface area contributed by atoms with Crippen LogP contribution in [0.5, 0.6) is 0 Å². The average Bonchev–Trinajstić information content (AvgIpc) is 2.84. The van der Waals surface area contributed by atoms with Crippen LogP contribution in [-0.2, 0) is 16.0 Å². The summed E-state index contributed by atoms with van der Waals surface area (Å²) in [6, 6.07) is -0.803. The van der Waals surface area contributed by atoms with Crippen LogP contribution in [0.1, 0.15) is 25.8 Å². The Morgan fingerprint density at radius 1 is 1.47 bits per heavy atom. The zero-order valence-electron chi connectivity index (χ0n) is 11.4. The molecular weight excluding hydrogens is 262 g/mol. The molecule has 6 heteroatoms. The molecular formula is C13H19N3O2S. The van der Waals surface area contributed by atoms with Gasteiger partial charge in [-0.15, -0.1) is 11.3 Å². The molecule has 0 spiro atoms. The molecule has 104 valence electrons. The number of carbonyl (C=O) groups excluding carboxylic acids is 2. The molecule has 1 aliphatic rings. The van der Waals surface area contributed by atoms with Crippen LogP contribution in [0.3, 0.4) is 0 Å². The number of hydrogen-bond acceptors (Lipinski definition) is 4. The first kappa shape index (κ1) is 14.0. The predicted molar refractivity (Wildman–Crippen MR) is 73.8 cm³/mol. The third kappa shape index (κ3) is 2.94. The van der Waals surface area contributed by atoms with Crippen LogP contribution in [0.4, 0.5) is 0 Å². The monoisotopic (exact) mass is 281 g/mol. The molecule has 1 N–H and O–H groups in total. The van der Waals surface area contributed by atoms with Gasteiger partial charge in [0.15, 0.2) is 0 Å². The topological polar surface area (TPSA) is 62.3 Å². The Labute approximate surface area is 117 Å². The van der Waals surface area contributed by atoms with E-state index in [-0.39, 0.29) is 23.8 Å². The summed E-state index contributed by atoms with van der Waals surface area (Å²) in [7, 11) is 0. The molecule has 0 aromatic carbocycles. The fourth-order valence-corrected chi connectivity index (χ4v) is 3.00. The van der Waals surface area contributed by atoms with Gasteiger partial charge in [0.25, 0.3) is 0 Å². The van der Waals surface area contributed by atoms with Gasteiger partial charge in [-0.25, -0.2) is 4.98 Å². The third-order valence-electron chi connectivity index (χ3n) is 3.30. The van der Waals surface area contributed by atoms with E-state index in [1.54, 1.807) is 29.4 Å². The van der Waals surface area contributed by atoms with Crippen molar-refractivity contribution in [3.05, 3.63) is 16.6 Å². The first-order chi connectivity index (χ1) is 9.00. The Kier molecular flexibility index (Phi) is 4.19. The zero-order chi connectivity index (χ0) is 14.0. The summed E-state index contributed by atoms with van der Waals surface area (Å²) in [5.41, 5.74) is 0.